The van der Waals surface area contributed by atoms with Crippen LogP contribution in [0.3, 0.4) is 0 Å². The molecule has 5 heteroatoms. The van der Waals surface area contributed by atoms with Crippen LogP contribution in [0.5, 0.6) is 0 Å². The van der Waals surface area contributed by atoms with Gasteiger partial charge in [0.15, 0.2) is 0 Å². The van der Waals surface area contributed by atoms with E-state index in [0.717, 1.165) is 12.2 Å². The van der Waals surface area contributed by atoms with Crippen molar-refractivity contribution in [3.05, 3.63) is 33.7 Å². The topological polar surface area (TPSA) is 66.6 Å². The highest BCUT2D eigenvalue weighted by atomic mass is 16.6. The van der Waals surface area contributed by atoms with Crippen LogP contribution in [0.2, 0.25) is 0 Å². The van der Waals surface area contributed by atoms with E-state index >= 15 is 0 Å². The molecule has 13 heavy (non-hydrogen) atoms. The first-order chi connectivity index (χ1) is 6.81. The van der Waals surface area contributed by atoms with Crippen LogP contribution >= 0.6 is 0 Å². The zero-order valence-corrected chi connectivity index (χ0v) is 7.39. The number of aliphatic hydroxyl groups excluding tert-OH is 1. The van der Waals surface area contributed by atoms with Crippen molar-refractivity contribution in [2.75, 3.05) is 14.1 Å². The minimum Gasteiger partial charge on any atom is -0.511 e. The van der Waals surface area contributed by atoms with Gasteiger partial charge >= 0.3 is 0 Å². The van der Waals surface area contributed by atoms with E-state index in [0.29, 0.717) is 0 Å². The summed E-state index contributed by atoms with van der Waals surface area (Å²) in [5, 5.41) is 20.1. The average molecular weight is 186 g/mol. The van der Waals surface area contributed by atoms with E-state index in [1.165, 1.54) is 19.0 Å². The van der Waals surface area contributed by atoms with Crippen LogP contribution in [-0.2, 0) is 0 Å². The summed E-state index contributed by atoms with van der Waals surface area (Å²) >= 11 is 0. The van der Waals surface area contributed by atoms with Crippen LogP contribution in [0.4, 0.5) is 0 Å². The van der Waals surface area contributed by atoms with Gasteiger partial charge < -0.3 is 5.11 Å². The molecule has 1 aliphatic rings. The molecule has 2 unspecified atom stereocenters. The number of likely N-dealkylation sites (N-methyl/N-ethyl adjacent to an activating group) is 1. The molecule has 2 atom stereocenters. The average Bonchev–Trinajstić information content (AvgIpc) is 2.13. The van der Waals surface area contributed by atoms with Crippen molar-refractivity contribution in [2.24, 2.45) is 0 Å². The lowest BCUT2D eigenvalue weighted by molar-refractivity contribution is -0.429. The summed E-state index contributed by atoms with van der Waals surface area (Å²) in [4.78, 5) is 11.2. The fourth-order valence-corrected chi connectivity index (χ4v) is 0.984. The molecule has 0 fully saturated rings. The second-order valence-electron chi connectivity index (χ2n) is 2.82. The van der Waals surface area contributed by atoms with Gasteiger partial charge in [-0.05, 0) is 20.2 Å². The first-order valence-corrected chi connectivity index (χ1v) is 3.67. The number of hydrogen-bond acceptors (Lipinski definition) is 4. The first kappa shape index (κ1) is 7.08. The number of allylic oxidation sites excluding steroid dienone is 2. The molecule has 0 heterocycles. The molecule has 0 radical (unpaired) electrons. The van der Waals surface area contributed by atoms with Crippen LogP contribution in [0.1, 0.15) is 9.14 Å². The normalized spacial score (nSPS) is 36.1. The predicted molar refractivity (Wildman–Crippen MR) is 47.9 cm³/mol. The van der Waals surface area contributed by atoms with Crippen LogP contribution < -0.4 is 0 Å². The molecule has 0 saturated carbocycles. The van der Waals surface area contributed by atoms with Gasteiger partial charge in [0.2, 0.25) is 5.70 Å². The van der Waals surface area contributed by atoms with Gasteiger partial charge in [-0.15, -0.1) is 0 Å². The third kappa shape index (κ3) is 2.06. The summed E-state index contributed by atoms with van der Waals surface area (Å²) in [6, 6.07) is -1.79. The van der Waals surface area contributed by atoms with Crippen molar-refractivity contribution in [1.29, 1.82) is 0 Å². The monoisotopic (exact) mass is 186 g/mol. The Morgan fingerprint density at radius 1 is 1.85 bits per heavy atom. The van der Waals surface area contributed by atoms with Crippen LogP contribution in [0, 0.1) is 10.1 Å². The fraction of sp³-hybridized carbons (Fsp3) is 0.500. The fourth-order valence-electron chi connectivity index (χ4n) is 0.984. The molecule has 0 bridgehead atoms. The zero-order valence-electron chi connectivity index (χ0n) is 9.39. The van der Waals surface area contributed by atoms with Crippen molar-refractivity contribution >= 4 is 0 Å². The number of aliphatic hydroxyl groups is 1. The number of nitrogens with zero attached hydrogens (tertiary/aromatic N) is 2. The highest BCUT2D eigenvalue weighted by molar-refractivity contribution is 5.21. The van der Waals surface area contributed by atoms with Crippen molar-refractivity contribution < 1.29 is 12.8 Å². The zero-order chi connectivity index (χ0) is 11.8. The Morgan fingerprint density at radius 3 is 2.92 bits per heavy atom. The summed E-state index contributed by atoms with van der Waals surface area (Å²) in [6.45, 7) is 0. The van der Waals surface area contributed by atoms with Crippen LogP contribution in [0.25, 0.3) is 0 Å². The van der Waals surface area contributed by atoms with Crippen LogP contribution in [0.15, 0.2) is 23.6 Å². The number of hydrogen-bond donors (Lipinski definition) is 1. The largest absolute Gasteiger partial charge is 0.511 e. The Balaban J connectivity index is 3.21. The van der Waals surface area contributed by atoms with Crippen molar-refractivity contribution in [1.82, 2.24) is 4.90 Å². The number of rotatable bonds is 2. The van der Waals surface area contributed by atoms with E-state index in [2.05, 4.69) is 0 Å². The Hall–Kier alpha value is -1.36. The van der Waals surface area contributed by atoms with Gasteiger partial charge in [-0.25, -0.2) is 0 Å². The maximum absolute atomic E-state index is 10.6. The van der Waals surface area contributed by atoms with E-state index in [-0.39, 0.29) is 5.76 Å². The molecular weight excluding hydrogens is 172 g/mol. The van der Waals surface area contributed by atoms with E-state index in [1.54, 1.807) is 0 Å². The molecule has 1 aliphatic carbocycles. The van der Waals surface area contributed by atoms with Gasteiger partial charge in [0.25, 0.3) is 0 Å². The van der Waals surface area contributed by atoms with Gasteiger partial charge in [0.05, 0.1) is 18.7 Å². The molecule has 0 saturated heterocycles. The maximum atomic E-state index is 10.6. The van der Waals surface area contributed by atoms with E-state index < -0.39 is 23.0 Å². The van der Waals surface area contributed by atoms with Gasteiger partial charge in [-0.2, -0.15) is 0 Å². The molecular formula is C8H12N2O3. The highest BCUT2D eigenvalue weighted by Gasteiger charge is 2.26. The second-order valence-corrected chi connectivity index (χ2v) is 2.82. The van der Waals surface area contributed by atoms with Crippen molar-refractivity contribution in [2.45, 2.75) is 12.4 Å². The molecule has 0 amide bonds. The smallest absolute Gasteiger partial charge is 0.248 e. The van der Waals surface area contributed by atoms with Crippen LogP contribution in [-0.4, -0.2) is 35.0 Å². The summed E-state index contributed by atoms with van der Waals surface area (Å²) in [5.74, 6) is -0.363. The molecule has 1 N–H and O–H groups in total. The lowest BCUT2D eigenvalue weighted by atomic mass is 10.0. The lowest BCUT2D eigenvalue weighted by Gasteiger charge is -2.24. The summed E-state index contributed by atoms with van der Waals surface area (Å²) in [7, 11) is 2.98. The SMILES string of the molecule is [2H]C1C([N+](=O)[O-])=CC=C(O)C1([2H])N(C)C. The molecule has 0 aromatic heterocycles. The maximum Gasteiger partial charge on any atom is 0.248 e. The minimum absolute atomic E-state index is 0.363. The molecule has 1 rings (SSSR count). The van der Waals surface area contributed by atoms with E-state index in [4.69, 9.17) is 2.74 Å². The quantitative estimate of drug-likeness (QED) is 0.514. The van der Waals surface area contributed by atoms with Crippen molar-refractivity contribution in [3.8, 4) is 0 Å². The second kappa shape index (κ2) is 3.57. The molecule has 0 aromatic carbocycles. The Morgan fingerprint density at radius 2 is 2.46 bits per heavy atom. The summed E-state index contributed by atoms with van der Waals surface area (Å²) in [6.07, 6.45) is 0.715. The van der Waals surface area contributed by atoms with E-state index in [1.807, 2.05) is 0 Å². The Bertz CT molecular complexity index is 354. The molecule has 0 aliphatic heterocycles. The van der Waals surface area contributed by atoms with E-state index in [9.17, 15) is 15.2 Å². The molecule has 0 spiro atoms. The summed E-state index contributed by atoms with van der Waals surface area (Å²) < 4.78 is 15.5. The Kier molecular flexibility index (Phi) is 1.95. The molecule has 0 aromatic rings. The Labute approximate surface area is 78.9 Å². The lowest BCUT2D eigenvalue weighted by Crippen LogP contribution is -2.32. The standard InChI is InChI=1S/C8H12N2O3/c1-9(2)7-5-6(10(12)13)3-4-8(7)11/h3-4,7,11H,5H2,1-2H3/i5D,7D. The van der Waals surface area contributed by atoms with Gasteiger partial charge in [-0.1, -0.05) is 0 Å². The predicted octanol–water partition coefficient (Wildman–Crippen LogP) is 0.923. The number of nitro groups is 1. The van der Waals surface area contributed by atoms with Gasteiger partial charge in [-0.3, -0.25) is 15.0 Å². The van der Waals surface area contributed by atoms with Crippen molar-refractivity contribution in [3.63, 3.8) is 0 Å². The first-order valence-electron chi connectivity index (χ1n) is 4.75. The molecule has 5 nitrogen and oxygen atoms in total. The third-order valence-corrected chi connectivity index (χ3v) is 1.65. The third-order valence-electron chi connectivity index (χ3n) is 1.65. The minimum atomic E-state index is -1.79. The molecule has 72 valence electrons. The van der Waals surface area contributed by atoms with Gasteiger partial charge in [0, 0.05) is 7.45 Å². The highest BCUT2D eigenvalue weighted by Crippen LogP contribution is 2.20. The van der Waals surface area contributed by atoms with Gasteiger partial charge in [0.1, 0.15) is 5.76 Å². The summed E-state index contributed by atoms with van der Waals surface area (Å²) in [5.41, 5.74) is -0.392.